The lowest BCUT2D eigenvalue weighted by Crippen LogP contribution is -2.34. The number of benzene rings is 1. The third-order valence-electron chi connectivity index (χ3n) is 3.34. The van der Waals surface area contributed by atoms with Crippen LogP contribution in [0.15, 0.2) is 21.5 Å². The van der Waals surface area contributed by atoms with E-state index in [1.54, 1.807) is 0 Å². The molecule has 7 heteroatoms. The number of nitrogens with two attached hydrogens (primary N) is 1. The highest BCUT2D eigenvalue weighted by atomic mass is 79.9. The van der Waals surface area contributed by atoms with Crippen molar-refractivity contribution in [3.8, 4) is 12.3 Å². The molecule has 0 atom stereocenters. The number of hydrogen-bond donors (Lipinski definition) is 1. The van der Waals surface area contributed by atoms with Gasteiger partial charge in [0.25, 0.3) is 0 Å². The van der Waals surface area contributed by atoms with Gasteiger partial charge in [0.1, 0.15) is 10.7 Å². The molecule has 0 amide bonds. The highest BCUT2D eigenvalue weighted by Gasteiger charge is 2.33. The van der Waals surface area contributed by atoms with E-state index in [1.807, 2.05) is 0 Å². The zero-order valence-corrected chi connectivity index (χ0v) is 13.8. The normalized spacial score (nSPS) is 15.2. The summed E-state index contributed by atoms with van der Waals surface area (Å²) in [7, 11) is -3.97. The number of terminal acetylenes is 1. The molecule has 0 aliphatic heterocycles. The van der Waals surface area contributed by atoms with Crippen LogP contribution >= 0.6 is 15.9 Å². The average molecular weight is 375 g/mol. The molecule has 0 aromatic heterocycles. The number of sulfonamides is 1. The van der Waals surface area contributed by atoms with Gasteiger partial charge in [-0.25, -0.2) is 12.8 Å². The van der Waals surface area contributed by atoms with Gasteiger partial charge in [-0.05, 0) is 30.9 Å². The van der Waals surface area contributed by atoms with E-state index in [4.69, 9.17) is 12.2 Å². The smallest absolute Gasteiger partial charge is 0.246 e. The maximum absolute atomic E-state index is 14.3. The molecule has 0 bridgehead atoms. The van der Waals surface area contributed by atoms with Crippen LogP contribution in [-0.4, -0.2) is 25.8 Å². The van der Waals surface area contributed by atoms with Gasteiger partial charge in [0.2, 0.25) is 10.0 Å². The Morgan fingerprint density at radius 2 is 2.14 bits per heavy atom. The summed E-state index contributed by atoms with van der Waals surface area (Å²) in [5, 5.41) is 0. The lowest BCUT2D eigenvalue weighted by atomic mass is 10.2. The van der Waals surface area contributed by atoms with E-state index in [0.717, 1.165) is 17.1 Å². The minimum atomic E-state index is -3.97. The van der Waals surface area contributed by atoms with Gasteiger partial charge in [0.15, 0.2) is 0 Å². The number of nitrogens with zero attached hydrogens (tertiary/aromatic N) is 1. The van der Waals surface area contributed by atoms with Crippen molar-refractivity contribution < 1.29 is 12.8 Å². The van der Waals surface area contributed by atoms with Crippen LogP contribution in [0, 0.1) is 24.1 Å². The molecule has 1 aliphatic carbocycles. The molecule has 114 valence electrons. The Labute approximate surface area is 132 Å². The van der Waals surface area contributed by atoms with Crippen molar-refractivity contribution in [1.29, 1.82) is 0 Å². The summed E-state index contributed by atoms with van der Waals surface area (Å²) in [6, 6.07) is 2.72. The minimum absolute atomic E-state index is 0.0667. The summed E-state index contributed by atoms with van der Waals surface area (Å²) in [5.74, 6) is 1.84. The fourth-order valence-electron chi connectivity index (χ4n) is 2.03. The van der Waals surface area contributed by atoms with Crippen LogP contribution in [0.25, 0.3) is 0 Å². The second kappa shape index (κ2) is 6.44. The van der Waals surface area contributed by atoms with Crippen molar-refractivity contribution in [2.24, 2.45) is 11.7 Å². The summed E-state index contributed by atoms with van der Waals surface area (Å²) < 4.78 is 41.3. The first-order valence-corrected chi connectivity index (χ1v) is 8.75. The van der Waals surface area contributed by atoms with Crippen LogP contribution in [0.3, 0.4) is 0 Å². The van der Waals surface area contributed by atoms with E-state index in [0.29, 0.717) is 16.9 Å². The molecule has 1 aromatic carbocycles. The Balaban J connectivity index is 2.46. The van der Waals surface area contributed by atoms with Gasteiger partial charge in [0, 0.05) is 23.1 Å². The fraction of sp³-hybridized carbons (Fsp3) is 0.429. The minimum Gasteiger partial charge on any atom is -0.326 e. The maximum atomic E-state index is 14.3. The van der Waals surface area contributed by atoms with Crippen molar-refractivity contribution in [3.63, 3.8) is 0 Å². The van der Waals surface area contributed by atoms with E-state index in [9.17, 15) is 12.8 Å². The van der Waals surface area contributed by atoms with Crippen molar-refractivity contribution in [2.45, 2.75) is 24.3 Å². The summed E-state index contributed by atoms with van der Waals surface area (Å²) >= 11 is 3.19. The summed E-state index contributed by atoms with van der Waals surface area (Å²) in [6.45, 7) is 0.185. The van der Waals surface area contributed by atoms with Gasteiger partial charge in [-0.2, -0.15) is 4.31 Å². The Morgan fingerprint density at radius 3 is 2.67 bits per heavy atom. The van der Waals surface area contributed by atoms with E-state index in [2.05, 4.69) is 21.9 Å². The molecule has 1 saturated carbocycles. The van der Waals surface area contributed by atoms with Crippen LogP contribution in [0.4, 0.5) is 4.39 Å². The highest BCUT2D eigenvalue weighted by Crippen LogP contribution is 2.33. The molecule has 2 rings (SSSR count). The largest absolute Gasteiger partial charge is 0.326 e. The third kappa shape index (κ3) is 3.64. The predicted molar refractivity (Wildman–Crippen MR) is 82.3 cm³/mol. The first-order valence-electron chi connectivity index (χ1n) is 6.51. The standard InChI is InChI=1S/C14H16BrFN2O2S/c1-2-5-18(9-10-3-4-10)21(19,20)13-7-12(15)6-11(8-17)14(13)16/h1,6-7,10H,3-5,8-9,17H2. The molecule has 2 N–H and O–H groups in total. The molecule has 4 nitrogen and oxygen atoms in total. The first kappa shape index (κ1) is 16.4. The van der Waals surface area contributed by atoms with E-state index in [-0.39, 0.29) is 23.5 Å². The Hall–Kier alpha value is -0.940. The molecule has 1 aromatic rings. The monoisotopic (exact) mass is 374 g/mol. The third-order valence-corrected chi connectivity index (χ3v) is 5.61. The predicted octanol–water partition coefficient (Wildman–Crippen LogP) is 2.08. The molecule has 1 aliphatic rings. The highest BCUT2D eigenvalue weighted by molar-refractivity contribution is 9.10. The lowest BCUT2D eigenvalue weighted by molar-refractivity contribution is 0.425. The zero-order chi connectivity index (χ0) is 15.6. The van der Waals surface area contributed by atoms with Crippen LogP contribution in [0.2, 0.25) is 0 Å². The Bertz CT molecular complexity index is 681. The van der Waals surface area contributed by atoms with Crippen LogP contribution in [-0.2, 0) is 16.6 Å². The van der Waals surface area contributed by atoms with Gasteiger partial charge < -0.3 is 5.73 Å². The molecule has 0 spiro atoms. The van der Waals surface area contributed by atoms with Crippen molar-refractivity contribution in [3.05, 3.63) is 28.0 Å². The second-order valence-electron chi connectivity index (χ2n) is 5.03. The van der Waals surface area contributed by atoms with Gasteiger partial charge >= 0.3 is 0 Å². The van der Waals surface area contributed by atoms with E-state index < -0.39 is 15.8 Å². The molecule has 0 unspecified atom stereocenters. The second-order valence-corrected chi connectivity index (χ2v) is 7.85. The fourth-order valence-corrected chi connectivity index (χ4v) is 4.25. The van der Waals surface area contributed by atoms with Gasteiger partial charge in [-0.3, -0.25) is 0 Å². The summed E-state index contributed by atoms with van der Waals surface area (Å²) in [5.41, 5.74) is 5.60. The van der Waals surface area contributed by atoms with Crippen molar-refractivity contribution in [1.82, 2.24) is 4.31 Å². The molecule has 21 heavy (non-hydrogen) atoms. The lowest BCUT2D eigenvalue weighted by Gasteiger charge is -2.21. The molecule has 1 fully saturated rings. The van der Waals surface area contributed by atoms with Crippen LogP contribution in [0.5, 0.6) is 0 Å². The zero-order valence-electron chi connectivity index (χ0n) is 11.4. The first-order chi connectivity index (χ1) is 9.90. The van der Waals surface area contributed by atoms with Gasteiger partial charge in [0.05, 0.1) is 6.54 Å². The van der Waals surface area contributed by atoms with E-state index in [1.165, 1.54) is 12.1 Å². The Kier molecular flexibility index (Phi) is 5.04. The van der Waals surface area contributed by atoms with Gasteiger partial charge in [-0.15, -0.1) is 6.42 Å². The quantitative estimate of drug-likeness (QED) is 0.775. The number of halogens is 2. The van der Waals surface area contributed by atoms with E-state index >= 15 is 0 Å². The van der Waals surface area contributed by atoms with Crippen LogP contribution in [0.1, 0.15) is 18.4 Å². The summed E-state index contributed by atoms with van der Waals surface area (Å²) in [4.78, 5) is -0.381. The number of hydrogen-bond acceptors (Lipinski definition) is 3. The van der Waals surface area contributed by atoms with Crippen molar-refractivity contribution in [2.75, 3.05) is 13.1 Å². The van der Waals surface area contributed by atoms with Crippen LogP contribution < -0.4 is 5.73 Å². The Morgan fingerprint density at radius 1 is 1.48 bits per heavy atom. The maximum Gasteiger partial charge on any atom is 0.246 e. The topological polar surface area (TPSA) is 63.4 Å². The SMILES string of the molecule is C#CCN(CC1CC1)S(=O)(=O)c1cc(Br)cc(CN)c1F. The van der Waals surface area contributed by atoms with Crippen molar-refractivity contribution >= 4 is 26.0 Å². The molecule has 0 heterocycles. The average Bonchev–Trinajstić information content (AvgIpc) is 3.24. The van der Waals surface area contributed by atoms with Gasteiger partial charge in [-0.1, -0.05) is 21.9 Å². The molecule has 0 radical (unpaired) electrons. The number of rotatable bonds is 6. The molecule has 0 saturated heterocycles. The summed E-state index contributed by atoms with van der Waals surface area (Å²) in [6.07, 6.45) is 7.20. The molecular weight excluding hydrogens is 359 g/mol. The molecular formula is C14H16BrFN2O2S.